The molecule has 232 valence electrons. The average molecular weight is 617 g/mol. The molecule has 6 unspecified atom stereocenters. The number of nitrogens with zero attached hydrogens (tertiary/aromatic N) is 1. The molecule has 9 nitrogen and oxygen atoms in total. The van der Waals surface area contributed by atoms with E-state index in [2.05, 4.69) is 0 Å². The van der Waals surface area contributed by atoms with Gasteiger partial charge in [-0.1, -0.05) is 90.5 Å². The molecule has 3 aliphatic carbocycles. The smallest absolute Gasteiger partial charge is 0.328 e. The van der Waals surface area contributed by atoms with Crippen LogP contribution in [-0.4, -0.2) is 52.6 Å². The Balaban J connectivity index is 1.52. The summed E-state index contributed by atoms with van der Waals surface area (Å²) in [7, 11) is 0. The lowest BCUT2D eigenvalue weighted by Crippen LogP contribution is -2.59. The summed E-state index contributed by atoms with van der Waals surface area (Å²) in [5, 5.41) is 9.62. The van der Waals surface area contributed by atoms with Crippen LogP contribution in [0.3, 0.4) is 0 Å². The van der Waals surface area contributed by atoms with Crippen LogP contribution in [0.2, 0.25) is 0 Å². The first-order valence-electron chi connectivity index (χ1n) is 15.4. The van der Waals surface area contributed by atoms with Crippen molar-refractivity contribution in [3.63, 3.8) is 0 Å². The van der Waals surface area contributed by atoms with Crippen LogP contribution in [0.4, 0.5) is 4.79 Å². The van der Waals surface area contributed by atoms with E-state index in [1.54, 1.807) is 36.4 Å². The zero-order chi connectivity index (χ0) is 32.2. The topological polar surface area (TPSA) is 144 Å². The van der Waals surface area contributed by atoms with Gasteiger partial charge in [0, 0.05) is 23.0 Å². The maximum atomic E-state index is 15.0. The number of hydrogen-bond acceptors (Lipinski definition) is 7. The maximum Gasteiger partial charge on any atom is 0.328 e. The fraction of sp³-hybridized carbons (Fsp3) is 0.270. The van der Waals surface area contributed by atoms with E-state index in [-0.39, 0.29) is 43.2 Å². The van der Waals surface area contributed by atoms with Gasteiger partial charge >= 0.3 is 6.03 Å². The molecule has 0 bridgehead atoms. The fourth-order valence-corrected chi connectivity index (χ4v) is 8.44. The van der Waals surface area contributed by atoms with Crippen molar-refractivity contribution in [1.82, 2.24) is 4.90 Å². The molecule has 1 saturated heterocycles. The number of carbonyl (C=O) groups is 5. The molecule has 1 heterocycles. The van der Waals surface area contributed by atoms with Gasteiger partial charge in [0.1, 0.15) is 12.4 Å². The van der Waals surface area contributed by atoms with Gasteiger partial charge in [-0.15, -0.1) is 0 Å². The fourth-order valence-electron chi connectivity index (χ4n) is 8.44. The van der Waals surface area contributed by atoms with E-state index < -0.39 is 52.8 Å². The van der Waals surface area contributed by atoms with E-state index in [0.717, 1.165) is 5.57 Å². The number of amides is 4. The van der Waals surface area contributed by atoms with Crippen molar-refractivity contribution >= 4 is 35.0 Å². The van der Waals surface area contributed by atoms with E-state index in [0.29, 0.717) is 27.3 Å². The molecule has 46 heavy (non-hydrogen) atoms. The van der Waals surface area contributed by atoms with Gasteiger partial charge in [-0.05, 0) is 42.0 Å². The number of allylic oxidation sites excluding steroid dienone is 4. The summed E-state index contributed by atoms with van der Waals surface area (Å²) in [4.78, 5) is 69.8. The molecular formula is C37H32N2O7. The molecule has 9 heteroatoms. The Morgan fingerprint density at radius 2 is 1.57 bits per heavy atom. The quantitative estimate of drug-likeness (QED) is 0.315. The highest BCUT2D eigenvalue weighted by Gasteiger charge is 2.66. The van der Waals surface area contributed by atoms with Crippen molar-refractivity contribution in [2.24, 2.45) is 29.4 Å². The minimum Gasteiger partial charge on any atom is -0.491 e. The molecule has 3 aromatic carbocycles. The number of fused-ring (bicyclic) bond motifs is 4. The molecule has 3 N–H and O–H groups in total. The van der Waals surface area contributed by atoms with Crippen molar-refractivity contribution in [1.29, 1.82) is 0 Å². The second-order valence-corrected chi connectivity index (χ2v) is 12.2. The van der Waals surface area contributed by atoms with Crippen LogP contribution < -0.4 is 10.5 Å². The number of nitrogens with two attached hydrogens (primary N) is 1. The van der Waals surface area contributed by atoms with Crippen LogP contribution in [-0.2, 0) is 24.6 Å². The molecule has 1 saturated carbocycles. The molecule has 4 aliphatic rings. The number of ether oxygens (including phenoxy) is 1. The van der Waals surface area contributed by atoms with Crippen LogP contribution >= 0.6 is 0 Å². The Morgan fingerprint density at radius 3 is 2.26 bits per heavy atom. The van der Waals surface area contributed by atoms with E-state index in [4.69, 9.17) is 10.5 Å². The second kappa shape index (κ2) is 11.3. The number of urea groups is 1. The minimum atomic E-state index is -1.42. The van der Waals surface area contributed by atoms with E-state index in [1.807, 2.05) is 54.6 Å². The number of ketones is 2. The zero-order valence-corrected chi connectivity index (χ0v) is 24.9. The number of aliphatic hydroxyl groups is 1. The Hall–Kier alpha value is -5.15. The number of likely N-dealkylation sites (tertiary alicyclic amines) is 1. The number of Topliss-reactive ketones (excluding diaryl/α,β-unsaturated/α-hetero) is 1. The Bertz CT molecular complexity index is 1830. The first kappa shape index (κ1) is 29.6. The Morgan fingerprint density at radius 1 is 0.891 bits per heavy atom. The van der Waals surface area contributed by atoms with Crippen molar-refractivity contribution in [3.05, 3.63) is 119 Å². The van der Waals surface area contributed by atoms with Crippen molar-refractivity contribution in [2.75, 3.05) is 13.2 Å². The van der Waals surface area contributed by atoms with Gasteiger partial charge in [0.2, 0.25) is 11.8 Å². The molecule has 0 radical (unpaired) electrons. The predicted octanol–water partition coefficient (Wildman–Crippen LogP) is 3.96. The van der Waals surface area contributed by atoms with Gasteiger partial charge in [0.25, 0.3) is 0 Å². The summed E-state index contributed by atoms with van der Waals surface area (Å²) in [6.45, 7) is -0.231. The van der Waals surface area contributed by atoms with Gasteiger partial charge in [0.05, 0.1) is 23.9 Å². The van der Waals surface area contributed by atoms with Crippen LogP contribution in [0.15, 0.2) is 103 Å². The number of primary amides is 1. The van der Waals surface area contributed by atoms with Gasteiger partial charge in [-0.2, -0.15) is 4.90 Å². The SMILES string of the molecule is NC(=O)N1C(=O)C2CC=C3C(CC4C(=O)C(c5ccccc5)=CC(=O)C4(c4ccccc4)C3c3ccccc3OCCO)C2C1=O. The number of para-hydroxylation sites is 1. The molecule has 6 atom stereocenters. The molecule has 2 fully saturated rings. The number of rotatable bonds is 6. The monoisotopic (exact) mass is 616 g/mol. The van der Waals surface area contributed by atoms with E-state index in [9.17, 15) is 24.3 Å². The first-order valence-corrected chi connectivity index (χ1v) is 15.4. The number of carbonyl (C=O) groups excluding carboxylic acids is 5. The number of hydrogen-bond donors (Lipinski definition) is 2. The van der Waals surface area contributed by atoms with E-state index >= 15 is 4.79 Å². The zero-order valence-electron chi connectivity index (χ0n) is 24.9. The Labute approximate surface area is 265 Å². The molecule has 1 aliphatic heterocycles. The number of benzene rings is 3. The number of imide groups is 3. The lowest BCUT2D eigenvalue weighted by atomic mass is 9.44. The van der Waals surface area contributed by atoms with Crippen LogP contribution in [0, 0.1) is 23.7 Å². The highest BCUT2D eigenvalue weighted by molar-refractivity contribution is 6.31. The molecule has 3 aromatic rings. The normalized spacial score (nSPS) is 28.5. The molecule has 7 rings (SSSR count). The van der Waals surface area contributed by atoms with Crippen LogP contribution in [0.1, 0.15) is 35.4 Å². The molecule has 4 amide bonds. The summed E-state index contributed by atoms with van der Waals surface area (Å²) in [5.74, 6) is -5.44. The summed E-state index contributed by atoms with van der Waals surface area (Å²) < 4.78 is 6.03. The van der Waals surface area contributed by atoms with Crippen LogP contribution in [0.5, 0.6) is 5.75 Å². The van der Waals surface area contributed by atoms with Gasteiger partial charge < -0.3 is 15.6 Å². The highest BCUT2D eigenvalue weighted by Crippen LogP contribution is 2.64. The molecular weight excluding hydrogens is 584 g/mol. The van der Waals surface area contributed by atoms with E-state index in [1.165, 1.54) is 6.08 Å². The number of aliphatic hydroxyl groups excluding tert-OH is 1. The van der Waals surface area contributed by atoms with Crippen molar-refractivity contribution < 1.29 is 33.8 Å². The van der Waals surface area contributed by atoms with Crippen molar-refractivity contribution in [2.45, 2.75) is 24.2 Å². The standard InChI is InChI=1S/C37H32N2O7/c38-36(45)39-34(43)25-16-15-23-27(31(25)35(39)44)19-28-33(42)26(21-9-3-1-4-10-21)20-30(41)37(28,22-11-5-2-6-12-22)32(23)24-13-7-8-14-29(24)46-18-17-40/h1-15,20,25,27-28,31-32,40H,16-19H2,(H2,38,45). The largest absolute Gasteiger partial charge is 0.491 e. The Kier molecular flexibility index (Phi) is 7.28. The van der Waals surface area contributed by atoms with Gasteiger partial charge in [-0.3, -0.25) is 19.2 Å². The lowest BCUT2D eigenvalue weighted by Gasteiger charge is -2.55. The first-order chi connectivity index (χ1) is 22.3. The third-order valence-electron chi connectivity index (χ3n) is 10.2. The molecule has 0 aromatic heterocycles. The summed E-state index contributed by atoms with van der Waals surface area (Å²) >= 11 is 0. The maximum absolute atomic E-state index is 15.0. The average Bonchev–Trinajstić information content (AvgIpc) is 3.34. The summed E-state index contributed by atoms with van der Waals surface area (Å²) in [5.41, 5.74) is 7.00. The molecule has 0 spiro atoms. The second-order valence-electron chi connectivity index (χ2n) is 12.2. The van der Waals surface area contributed by atoms with Gasteiger partial charge in [0.15, 0.2) is 11.6 Å². The highest BCUT2D eigenvalue weighted by atomic mass is 16.5. The van der Waals surface area contributed by atoms with Crippen molar-refractivity contribution in [3.8, 4) is 5.75 Å². The third kappa shape index (κ3) is 4.22. The minimum absolute atomic E-state index is 0.00414. The predicted molar refractivity (Wildman–Crippen MR) is 167 cm³/mol. The third-order valence-corrected chi connectivity index (χ3v) is 10.2. The summed E-state index contributed by atoms with van der Waals surface area (Å²) in [6.07, 6.45) is 3.64. The van der Waals surface area contributed by atoms with Gasteiger partial charge in [-0.25, -0.2) is 4.79 Å². The summed E-state index contributed by atoms with van der Waals surface area (Å²) in [6, 6.07) is 24.3. The van der Waals surface area contributed by atoms with Crippen LogP contribution in [0.25, 0.3) is 5.57 Å². The lowest BCUT2D eigenvalue weighted by molar-refractivity contribution is -0.137.